The van der Waals surface area contributed by atoms with Gasteiger partial charge in [0.25, 0.3) is 0 Å². The SMILES string of the molecule is COc1ccc(NC(=O)C2(C(=O)N3CCN(C(C)=O)CC3)CC2)cc1OC. The first-order chi connectivity index (χ1) is 12.9. The van der Waals surface area contributed by atoms with E-state index in [9.17, 15) is 14.4 Å². The molecule has 1 aliphatic carbocycles. The molecule has 3 amide bonds. The summed E-state index contributed by atoms with van der Waals surface area (Å²) in [5.74, 6) is 0.634. The number of rotatable bonds is 5. The van der Waals surface area contributed by atoms with E-state index >= 15 is 0 Å². The Hall–Kier alpha value is -2.77. The summed E-state index contributed by atoms with van der Waals surface area (Å²) in [7, 11) is 3.07. The van der Waals surface area contributed by atoms with Crippen LogP contribution >= 0.6 is 0 Å². The van der Waals surface area contributed by atoms with Crippen LogP contribution in [0.15, 0.2) is 18.2 Å². The normalized spacial score (nSPS) is 17.9. The maximum absolute atomic E-state index is 12.9. The Morgan fingerprint density at radius 1 is 0.963 bits per heavy atom. The van der Waals surface area contributed by atoms with Crippen molar-refractivity contribution in [3.8, 4) is 11.5 Å². The predicted octanol–water partition coefficient (Wildman–Crippen LogP) is 1.11. The first-order valence-electron chi connectivity index (χ1n) is 8.99. The average molecular weight is 375 g/mol. The van der Waals surface area contributed by atoms with Crippen molar-refractivity contribution in [3.63, 3.8) is 0 Å². The number of benzene rings is 1. The lowest BCUT2D eigenvalue weighted by atomic mass is 10.0. The molecule has 27 heavy (non-hydrogen) atoms. The van der Waals surface area contributed by atoms with Crippen LogP contribution in [0.5, 0.6) is 11.5 Å². The molecule has 1 saturated carbocycles. The maximum atomic E-state index is 12.9. The summed E-state index contributed by atoms with van der Waals surface area (Å²) in [6.07, 6.45) is 1.08. The van der Waals surface area contributed by atoms with Crippen LogP contribution in [0.1, 0.15) is 19.8 Å². The van der Waals surface area contributed by atoms with Crippen LogP contribution in [0.25, 0.3) is 0 Å². The first kappa shape index (κ1) is 19.0. The molecule has 0 radical (unpaired) electrons. The van der Waals surface area contributed by atoms with E-state index in [0.717, 1.165) is 0 Å². The van der Waals surface area contributed by atoms with E-state index in [1.807, 2.05) is 0 Å². The summed E-state index contributed by atoms with van der Waals surface area (Å²) in [6, 6.07) is 5.09. The molecule has 8 nitrogen and oxygen atoms in total. The van der Waals surface area contributed by atoms with Gasteiger partial charge in [0.2, 0.25) is 17.7 Å². The fourth-order valence-electron chi connectivity index (χ4n) is 3.35. The van der Waals surface area contributed by atoms with E-state index in [-0.39, 0.29) is 17.7 Å². The number of ether oxygens (including phenoxy) is 2. The van der Waals surface area contributed by atoms with Gasteiger partial charge in [0.05, 0.1) is 14.2 Å². The fourth-order valence-corrected chi connectivity index (χ4v) is 3.35. The number of anilines is 1. The van der Waals surface area contributed by atoms with Gasteiger partial charge in [-0.25, -0.2) is 0 Å². The molecule has 2 fully saturated rings. The van der Waals surface area contributed by atoms with E-state index in [1.165, 1.54) is 14.0 Å². The molecule has 1 N–H and O–H groups in total. The molecular formula is C19H25N3O5. The van der Waals surface area contributed by atoms with Gasteiger partial charge in [0.15, 0.2) is 11.5 Å². The van der Waals surface area contributed by atoms with Gasteiger partial charge in [-0.05, 0) is 25.0 Å². The number of methoxy groups -OCH3 is 2. The van der Waals surface area contributed by atoms with Crippen molar-refractivity contribution in [1.29, 1.82) is 0 Å². The standard InChI is InChI=1S/C19H25N3O5/c1-13(23)21-8-10-22(11-9-21)18(25)19(6-7-19)17(24)20-14-4-5-15(26-2)16(12-14)27-3/h4-5,12H,6-11H2,1-3H3,(H,20,24). The zero-order chi connectivity index (χ0) is 19.6. The van der Waals surface area contributed by atoms with Crippen LogP contribution in [0.3, 0.4) is 0 Å². The number of piperazine rings is 1. The average Bonchev–Trinajstić information content (AvgIpc) is 3.49. The lowest BCUT2D eigenvalue weighted by molar-refractivity contribution is -0.146. The quantitative estimate of drug-likeness (QED) is 0.779. The second kappa shape index (κ2) is 7.46. The lowest BCUT2D eigenvalue weighted by Gasteiger charge is -2.35. The molecule has 1 aromatic carbocycles. The van der Waals surface area contributed by atoms with Crippen LogP contribution in [-0.4, -0.2) is 67.9 Å². The minimum Gasteiger partial charge on any atom is -0.493 e. The van der Waals surface area contributed by atoms with Gasteiger partial charge in [-0.2, -0.15) is 0 Å². The Kier molecular flexibility index (Phi) is 5.25. The van der Waals surface area contributed by atoms with Crippen LogP contribution in [0.4, 0.5) is 5.69 Å². The largest absolute Gasteiger partial charge is 0.493 e. The van der Waals surface area contributed by atoms with Crippen LogP contribution in [0.2, 0.25) is 0 Å². The minimum absolute atomic E-state index is 0.00873. The zero-order valence-electron chi connectivity index (χ0n) is 15.9. The topological polar surface area (TPSA) is 88.2 Å². The lowest BCUT2D eigenvalue weighted by Crippen LogP contribution is -2.53. The van der Waals surface area contributed by atoms with Crippen molar-refractivity contribution in [2.75, 3.05) is 45.7 Å². The smallest absolute Gasteiger partial charge is 0.240 e. The van der Waals surface area contributed by atoms with Gasteiger partial charge in [0, 0.05) is 44.9 Å². The Morgan fingerprint density at radius 3 is 2.07 bits per heavy atom. The highest BCUT2D eigenvalue weighted by Crippen LogP contribution is 2.48. The van der Waals surface area contributed by atoms with Gasteiger partial charge >= 0.3 is 0 Å². The van der Waals surface area contributed by atoms with Gasteiger partial charge < -0.3 is 24.6 Å². The third kappa shape index (κ3) is 3.70. The van der Waals surface area contributed by atoms with Crippen molar-refractivity contribution in [2.45, 2.75) is 19.8 Å². The second-order valence-electron chi connectivity index (χ2n) is 6.90. The highest BCUT2D eigenvalue weighted by molar-refractivity contribution is 6.13. The predicted molar refractivity (Wildman–Crippen MR) is 98.7 cm³/mol. The van der Waals surface area contributed by atoms with Crippen LogP contribution in [-0.2, 0) is 14.4 Å². The Morgan fingerprint density at radius 2 is 1.56 bits per heavy atom. The van der Waals surface area contributed by atoms with E-state index in [2.05, 4.69) is 5.32 Å². The number of carbonyl (C=O) groups excluding carboxylic acids is 3. The first-order valence-corrected chi connectivity index (χ1v) is 8.99. The molecule has 1 heterocycles. The van der Waals surface area contributed by atoms with Crippen molar-refractivity contribution >= 4 is 23.4 Å². The van der Waals surface area contributed by atoms with Crippen LogP contribution < -0.4 is 14.8 Å². The molecule has 8 heteroatoms. The molecule has 0 atom stereocenters. The third-order valence-electron chi connectivity index (χ3n) is 5.25. The number of amides is 3. The van der Waals surface area contributed by atoms with Crippen LogP contribution in [0, 0.1) is 5.41 Å². The van der Waals surface area contributed by atoms with Gasteiger partial charge in [-0.15, -0.1) is 0 Å². The molecule has 0 aromatic heterocycles. The van der Waals surface area contributed by atoms with Gasteiger partial charge in [0.1, 0.15) is 5.41 Å². The summed E-state index contributed by atoms with van der Waals surface area (Å²) in [5.41, 5.74) is -0.441. The molecule has 2 aliphatic rings. The van der Waals surface area contributed by atoms with E-state index in [0.29, 0.717) is 56.2 Å². The number of hydrogen-bond acceptors (Lipinski definition) is 5. The molecule has 1 aliphatic heterocycles. The van der Waals surface area contributed by atoms with E-state index in [1.54, 1.807) is 35.1 Å². The van der Waals surface area contributed by atoms with Crippen molar-refractivity contribution in [3.05, 3.63) is 18.2 Å². The van der Waals surface area contributed by atoms with Crippen molar-refractivity contribution in [1.82, 2.24) is 9.80 Å². The number of nitrogens with zero attached hydrogens (tertiary/aromatic N) is 2. The zero-order valence-corrected chi connectivity index (χ0v) is 15.9. The molecule has 0 bridgehead atoms. The molecule has 3 rings (SSSR count). The highest BCUT2D eigenvalue weighted by Gasteiger charge is 2.58. The summed E-state index contributed by atoms with van der Waals surface area (Å²) >= 11 is 0. The number of hydrogen-bond donors (Lipinski definition) is 1. The van der Waals surface area contributed by atoms with Gasteiger partial charge in [-0.1, -0.05) is 0 Å². The molecule has 0 unspecified atom stereocenters. The molecule has 1 aromatic rings. The maximum Gasteiger partial charge on any atom is 0.240 e. The number of carbonyl (C=O) groups is 3. The highest BCUT2D eigenvalue weighted by atomic mass is 16.5. The Balaban J connectivity index is 1.66. The Bertz CT molecular complexity index is 752. The monoisotopic (exact) mass is 375 g/mol. The van der Waals surface area contributed by atoms with E-state index in [4.69, 9.17) is 9.47 Å². The van der Waals surface area contributed by atoms with Gasteiger partial charge in [-0.3, -0.25) is 14.4 Å². The summed E-state index contributed by atoms with van der Waals surface area (Å²) in [5, 5.41) is 2.83. The van der Waals surface area contributed by atoms with E-state index < -0.39 is 5.41 Å². The summed E-state index contributed by atoms with van der Waals surface area (Å²) in [4.78, 5) is 40.6. The molecule has 1 saturated heterocycles. The molecule has 146 valence electrons. The third-order valence-corrected chi connectivity index (χ3v) is 5.25. The Labute approximate surface area is 158 Å². The summed E-state index contributed by atoms with van der Waals surface area (Å²) < 4.78 is 10.4. The summed E-state index contributed by atoms with van der Waals surface area (Å²) in [6.45, 7) is 3.47. The molecule has 0 spiro atoms. The molecular weight excluding hydrogens is 350 g/mol. The van der Waals surface area contributed by atoms with Crippen molar-refractivity contribution < 1.29 is 23.9 Å². The minimum atomic E-state index is -0.994. The second-order valence-corrected chi connectivity index (χ2v) is 6.90. The number of nitrogens with one attached hydrogen (secondary N) is 1. The fraction of sp³-hybridized carbons (Fsp3) is 0.526. The van der Waals surface area contributed by atoms with Crippen molar-refractivity contribution in [2.24, 2.45) is 5.41 Å².